The second-order valence-electron chi connectivity index (χ2n) is 4.47. The van der Waals surface area contributed by atoms with Gasteiger partial charge in [0.1, 0.15) is 0 Å². The lowest BCUT2D eigenvalue weighted by Crippen LogP contribution is -2.20. The van der Waals surface area contributed by atoms with Crippen LogP contribution in [0.15, 0.2) is 30.9 Å². The summed E-state index contributed by atoms with van der Waals surface area (Å²) in [5, 5.41) is 3.37. The Morgan fingerprint density at radius 3 is 3.00 bits per heavy atom. The van der Waals surface area contributed by atoms with Gasteiger partial charge in [-0.05, 0) is 19.1 Å². The Hall–Kier alpha value is -1.59. The molecule has 0 aliphatic rings. The van der Waals surface area contributed by atoms with Gasteiger partial charge in [0.2, 0.25) is 0 Å². The van der Waals surface area contributed by atoms with Crippen molar-refractivity contribution in [1.82, 2.24) is 19.4 Å². The Balaban J connectivity index is 1.95. The maximum Gasteiger partial charge on any atom is 0.0948 e. The van der Waals surface area contributed by atoms with E-state index in [0.717, 1.165) is 32.8 Å². The Kier molecular flexibility index (Phi) is 5.18. The molecule has 0 aliphatic heterocycles. The summed E-state index contributed by atoms with van der Waals surface area (Å²) in [6, 6.07) is 4.23. The molecular weight excluding hydrogens is 240 g/mol. The van der Waals surface area contributed by atoms with E-state index >= 15 is 0 Å². The van der Waals surface area contributed by atoms with Crippen molar-refractivity contribution in [2.45, 2.75) is 26.6 Å². The first-order valence-corrected chi connectivity index (χ1v) is 6.67. The van der Waals surface area contributed by atoms with Crippen LogP contribution in [-0.2, 0) is 24.4 Å². The minimum atomic E-state index is 0.739. The summed E-state index contributed by atoms with van der Waals surface area (Å²) >= 11 is 0. The summed E-state index contributed by atoms with van der Waals surface area (Å²) in [4.78, 5) is 4.21. The topological polar surface area (TPSA) is 44.0 Å². The molecule has 2 aromatic heterocycles. The number of nitrogens with one attached hydrogen (secondary N) is 1. The molecule has 0 radical (unpaired) electrons. The summed E-state index contributed by atoms with van der Waals surface area (Å²) in [5.74, 6) is 0. The molecule has 0 fully saturated rings. The summed E-state index contributed by atoms with van der Waals surface area (Å²) in [6.07, 6.45) is 5.93. The highest BCUT2D eigenvalue weighted by Crippen LogP contribution is 2.08. The first kappa shape index (κ1) is 13.8. The third-order valence-electron chi connectivity index (χ3n) is 3.18. The van der Waals surface area contributed by atoms with Crippen LogP contribution in [0, 0.1) is 0 Å². The molecule has 2 aromatic rings. The van der Waals surface area contributed by atoms with E-state index in [-0.39, 0.29) is 0 Å². The number of methoxy groups -OCH3 is 1. The van der Waals surface area contributed by atoms with Crippen molar-refractivity contribution in [2.24, 2.45) is 0 Å². The molecule has 0 saturated carbocycles. The fourth-order valence-corrected chi connectivity index (χ4v) is 2.09. The van der Waals surface area contributed by atoms with E-state index in [1.165, 1.54) is 11.4 Å². The number of hydrogen-bond donors (Lipinski definition) is 1. The molecule has 0 saturated heterocycles. The van der Waals surface area contributed by atoms with Crippen molar-refractivity contribution >= 4 is 0 Å². The number of hydrogen-bond acceptors (Lipinski definition) is 3. The first-order chi connectivity index (χ1) is 9.35. The van der Waals surface area contributed by atoms with E-state index in [0.29, 0.717) is 0 Å². The van der Waals surface area contributed by atoms with E-state index in [1.807, 2.05) is 12.5 Å². The monoisotopic (exact) mass is 262 g/mol. The minimum absolute atomic E-state index is 0.739. The third kappa shape index (κ3) is 3.68. The van der Waals surface area contributed by atoms with Gasteiger partial charge in [0, 0.05) is 44.8 Å². The number of ether oxygens (including phenoxy) is 1. The van der Waals surface area contributed by atoms with Gasteiger partial charge in [-0.1, -0.05) is 0 Å². The fraction of sp³-hybridized carbons (Fsp3) is 0.500. The predicted octanol–water partition coefficient (Wildman–Crippen LogP) is 1.49. The van der Waals surface area contributed by atoms with E-state index in [1.54, 1.807) is 7.11 Å². The predicted molar refractivity (Wildman–Crippen MR) is 75.0 cm³/mol. The number of aryl methyl sites for hydroxylation is 1. The molecule has 0 spiro atoms. The zero-order valence-electron chi connectivity index (χ0n) is 11.7. The molecule has 0 aliphatic carbocycles. The van der Waals surface area contributed by atoms with Crippen LogP contribution in [0.5, 0.6) is 0 Å². The van der Waals surface area contributed by atoms with Crippen LogP contribution < -0.4 is 5.32 Å². The SMILES string of the molecule is CCn1cncc1Cn1cccc1CNCCOC. The average molecular weight is 262 g/mol. The van der Waals surface area contributed by atoms with Gasteiger partial charge >= 0.3 is 0 Å². The third-order valence-corrected chi connectivity index (χ3v) is 3.18. The Morgan fingerprint density at radius 2 is 2.21 bits per heavy atom. The zero-order valence-corrected chi connectivity index (χ0v) is 11.7. The molecule has 5 nitrogen and oxygen atoms in total. The van der Waals surface area contributed by atoms with Crippen LogP contribution in [0.2, 0.25) is 0 Å². The molecule has 0 atom stereocenters. The molecule has 0 amide bonds. The molecule has 2 heterocycles. The largest absolute Gasteiger partial charge is 0.383 e. The normalized spacial score (nSPS) is 11.1. The van der Waals surface area contributed by atoms with Crippen LogP contribution in [-0.4, -0.2) is 34.4 Å². The number of rotatable bonds is 8. The molecular formula is C14H22N4O. The van der Waals surface area contributed by atoms with E-state index in [4.69, 9.17) is 4.74 Å². The molecule has 19 heavy (non-hydrogen) atoms. The van der Waals surface area contributed by atoms with Crippen LogP contribution in [0.4, 0.5) is 0 Å². The van der Waals surface area contributed by atoms with Gasteiger partial charge in [-0.15, -0.1) is 0 Å². The van der Waals surface area contributed by atoms with E-state index in [2.05, 4.69) is 44.7 Å². The highest BCUT2D eigenvalue weighted by Gasteiger charge is 2.05. The maximum atomic E-state index is 5.03. The van der Waals surface area contributed by atoms with Crippen molar-refractivity contribution in [3.63, 3.8) is 0 Å². The molecule has 2 rings (SSSR count). The smallest absolute Gasteiger partial charge is 0.0948 e. The number of imidazole rings is 1. The Labute approximate surface area is 114 Å². The molecule has 0 unspecified atom stereocenters. The van der Waals surface area contributed by atoms with Crippen LogP contribution >= 0.6 is 0 Å². The van der Waals surface area contributed by atoms with Crippen molar-refractivity contribution in [3.05, 3.63) is 42.2 Å². The van der Waals surface area contributed by atoms with Crippen LogP contribution in [0.3, 0.4) is 0 Å². The summed E-state index contributed by atoms with van der Waals surface area (Å²) in [7, 11) is 1.72. The lowest BCUT2D eigenvalue weighted by atomic mass is 10.4. The van der Waals surface area contributed by atoms with E-state index in [9.17, 15) is 0 Å². The van der Waals surface area contributed by atoms with Gasteiger partial charge in [-0.2, -0.15) is 0 Å². The van der Waals surface area contributed by atoms with Gasteiger partial charge in [0.25, 0.3) is 0 Å². The lowest BCUT2D eigenvalue weighted by Gasteiger charge is -2.11. The quantitative estimate of drug-likeness (QED) is 0.733. The second kappa shape index (κ2) is 7.11. The second-order valence-corrected chi connectivity index (χ2v) is 4.47. The van der Waals surface area contributed by atoms with Gasteiger partial charge in [-0.3, -0.25) is 0 Å². The van der Waals surface area contributed by atoms with Gasteiger partial charge in [-0.25, -0.2) is 4.98 Å². The van der Waals surface area contributed by atoms with Crippen molar-refractivity contribution in [3.8, 4) is 0 Å². The molecule has 0 bridgehead atoms. The summed E-state index contributed by atoms with van der Waals surface area (Å²) < 4.78 is 9.45. The summed E-state index contributed by atoms with van der Waals surface area (Å²) in [6.45, 7) is 6.42. The lowest BCUT2D eigenvalue weighted by molar-refractivity contribution is 0.199. The van der Waals surface area contributed by atoms with E-state index < -0.39 is 0 Å². The molecule has 5 heteroatoms. The van der Waals surface area contributed by atoms with Crippen molar-refractivity contribution in [2.75, 3.05) is 20.3 Å². The van der Waals surface area contributed by atoms with Gasteiger partial charge < -0.3 is 19.2 Å². The molecule has 0 aromatic carbocycles. The number of aromatic nitrogens is 3. The fourth-order valence-electron chi connectivity index (χ4n) is 2.09. The van der Waals surface area contributed by atoms with Crippen molar-refractivity contribution < 1.29 is 4.74 Å². The summed E-state index contributed by atoms with van der Waals surface area (Å²) in [5.41, 5.74) is 2.51. The molecule has 104 valence electrons. The van der Waals surface area contributed by atoms with Crippen LogP contribution in [0.25, 0.3) is 0 Å². The Morgan fingerprint density at radius 1 is 1.32 bits per heavy atom. The molecule has 1 N–H and O–H groups in total. The highest BCUT2D eigenvalue weighted by molar-refractivity contribution is 5.10. The van der Waals surface area contributed by atoms with Gasteiger partial charge in [0.15, 0.2) is 0 Å². The first-order valence-electron chi connectivity index (χ1n) is 6.67. The minimum Gasteiger partial charge on any atom is -0.383 e. The van der Waals surface area contributed by atoms with Crippen molar-refractivity contribution in [1.29, 1.82) is 0 Å². The highest BCUT2D eigenvalue weighted by atomic mass is 16.5. The van der Waals surface area contributed by atoms with Gasteiger partial charge in [0.05, 0.1) is 25.2 Å². The maximum absolute atomic E-state index is 5.03. The standard InChI is InChI=1S/C14H22N4O/c1-3-17-12-16-10-14(17)11-18-7-4-5-13(18)9-15-6-8-19-2/h4-5,7,10,12,15H,3,6,8-9,11H2,1-2H3. The average Bonchev–Trinajstić information content (AvgIpc) is 3.04. The number of nitrogens with zero attached hydrogens (tertiary/aromatic N) is 3. The zero-order chi connectivity index (χ0) is 13.5. The van der Waals surface area contributed by atoms with Crippen LogP contribution in [0.1, 0.15) is 18.3 Å². The Bertz CT molecular complexity index is 489.